The number of aliphatic carboxylic acids is 1. The minimum atomic E-state index is -1.10. The Morgan fingerprint density at radius 3 is 2.71 bits per heavy atom. The van der Waals surface area contributed by atoms with Gasteiger partial charge in [-0.3, -0.25) is 4.79 Å². The summed E-state index contributed by atoms with van der Waals surface area (Å²) >= 11 is 0. The van der Waals surface area contributed by atoms with Crippen molar-refractivity contribution in [3.63, 3.8) is 0 Å². The van der Waals surface area contributed by atoms with Crippen LogP contribution in [-0.2, 0) is 9.59 Å². The van der Waals surface area contributed by atoms with E-state index in [1.165, 1.54) is 0 Å². The molecule has 0 unspecified atom stereocenters. The third-order valence-corrected chi connectivity index (χ3v) is 2.14. The van der Waals surface area contributed by atoms with Gasteiger partial charge in [-0.15, -0.1) is 6.42 Å². The smallest absolute Gasteiger partial charge is 0.326 e. The van der Waals surface area contributed by atoms with Crippen LogP contribution in [0.2, 0.25) is 0 Å². The van der Waals surface area contributed by atoms with Crippen LogP contribution in [0.4, 0.5) is 0 Å². The van der Waals surface area contributed by atoms with E-state index in [0.29, 0.717) is 0 Å². The second kappa shape index (κ2) is 4.11. The highest BCUT2D eigenvalue weighted by molar-refractivity contribution is 5.85. The van der Waals surface area contributed by atoms with E-state index in [9.17, 15) is 14.7 Å². The van der Waals surface area contributed by atoms with Gasteiger partial charge < -0.3 is 15.1 Å². The van der Waals surface area contributed by atoms with Gasteiger partial charge in [-0.25, -0.2) is 4.79 Å². The van der Waals surface area contributed by atoms with E-state index in [4.69, 9.17) is 11.5 Å². The highest BCUT2D eigenvalue weighted by Gasteiger charge is 2.38. The lowest BCUT2D eigenvalue weighted by atomic mass is 10.2. The van der Waals surface area contributed by atoms with Crippen LogP contribution < -0.4 is 0 Å². The van der Waals surface area contributed by atoms with Crippen molar-refractivity contribution in [3.8, 4) is 12.3 Å². The highest BCUT2D eigenvalue weighted by Crippen LogP contribution is 2.18. The second-order valence-electron chi connectivity index (χ2n) is 3.17. The Bertz CT molecular complexity index is 294. The molecule has 1 fully saturated rings. The predicted molar refractivity (Wildman–Crippen MR) is 47.2 cm³/mol. The normalized spacial score (nSPS) is 25.9. The number of amides is 1. The number of aliphatic hydroxyl groups excluding tert-OH is 1. The number of β-amino-alcohol motifs (C(OH)–C–C–N with tert-alkyl or cyclic N) is 1. The molecule has 1 aliphatic rings. The average Bonchev–Trinajstić information content (AvgIpc) is 2.48. The van der Waals surface area contributed by atoms with Crippen molar-refractivity contribution < 1.29 is 19.8 Å². The van der Waals surface area contributed by atoms with E-state index in [1.54, 1.807) is 0 Å². The van der Waals surface area contributed by atoms with Crippen molar-refractivity contribution in [3.05, 3.63) is 0 Å². The number of terminal acetylenes is 1. The first kappa shape index (κ1) is 10.5. The molecule has 2 N–H and O–H groups in total. The number of hydrogen-bond acceptors (Lipinski definition) is 3. The van der Waals surface area contributed by atoms with Crippen molar-refractivity contribution in [2.75, 3.05) is 6.54 Å². The van der Waals surface area contributed by atoms with Gasteiger partial charge in [-0.1, -0.05) is 5.92 Å². The van der Waals surface area contributed by atoms with Gasteiger partial charge in [0.05, 0.1) is 12.5 Å². The minimum absolute atomic E-state index is 0.0531. The quantitative estimate of drug-likeness (QED) is 0.560. The number of likely N-dealkylation sites (tertiary alicyclic amines) is 1. The summed E-state index contributed by atoms with van der Waals surface area (Å²) < 4.78 is 0. The van der Waals surface area contributed by atoms with Crippen LogP contribution in [-0.4, -0.2) is 45.7 Å². The number of carbonyl (C=O) groups excluding carboxylic acids is 1. The Morgan fingerprint density at radius 1 is 1.57 bits per heavy atom. The molecule has 0 aromatic carbocycles. The molecule has 2 atom stereocenters. The molecule has 1 heterocycles. The molecule has 1 aliphatic heterocycles. The summed E-state index contributed by atoms with van der Waals surface area (Å²) in [6, 6.07) is -0.939. The Balaban J connectivity index is 2.72. The van der Waals surface area contributed by atoms with Crippen LogP contribution in [0.15, 0.2) is 0 Å². The van der Waals surface area contributed by atoms with Crippen molar-refractivity contribution >= 4 is 11.9 Å². The molecule has 1 amide bonds. The summed E-state index contributed by atoms with van der Waals surface area (Å²) in [5.74, 6) is 0.628. The van der Waals surface area contributed by atoms with Crippen molar-refractivity contribution in [1.82, 2.24) is 4.90 Å². The molecule has 0 aromatic heterocycles. The molecule has 1 saturated heterocycles. The van der Waals surface area contributed by atoms with Gasteiger partial charge in [0.15, 0.2) is 0 Å². The van der Waals surface area contributed by atoms with E-state index < -0.39 is 24.0 Å². The maximum Gasteiger partial charge on any atom is 0.326 e. The van der Waals surface area contributed by atoms with Crippen molar-refractivity contribution in [1.29, 1.82) is 0 Å². The molecule has 0 aliphatic carbocycles. The summed E-state index contributed by atoms with van der Waals surface area (Å²) in [4.78, 5) is 23.1. The lowest BCUT2D eigenvalue weighted by Gasteiger charge is -2.19. The van der Waals surface area contributed by atoms with E-state index in [-0.39, 0.29) is 19.4 Å². The zero-order valence-electron chi connectivity index (χ0n) is 7.51. The van der Waals surface area contributed by atoms with Crippen LogP contribution in [0.3, 0.4) is 0 Å². The molecule has 1 rings (SSSR count). The topological polar surface area (TPSA) is 77.8 Å². The third kappa shape index (κ3) is 2.03. The van der Waals surface area contributed by atoms with E-state index >= 15 is 0 Å². The zero-order valence-corrected chi connectivity index (χ0v) is 7.51. The first-order valence-corrected chi connectivity index (χ1v) is 4.20. The zero-order chi connectivity index (χ0) is 10.7. The number of carboxylic acid groups (broad SMARTS) is 1. The van der Waals surface area contributed by atoms with Crippen LogP contribution in [0.5, 0.6) is 0 Å². The largest absolute Gasteiger partial charge is 0.480 e. The molecule has 76 valence electrons. The van der Waals surface area contributed by atoms with Crippen LogP contribution >= 0.6 is 0 Å². The number of carboxylic acids is 1. The fourth-order valence-corrected chi connectivity index (χ4v) is 1.51. The maximum atomic E-state index is 11.3. The summed E-state index contributed by atoms with van der Waals surface area (Å²) in [5, 5.41) is 18.0. The predicted octanol–water partition coefficient (Wildman–Crippen LogP) is -0.944. The van der Waals surface area contributed by atoms with Gasteiger partial charge in [0.25, 0.3) is 0 Å². The van der Waals surface area contributed by atoms with Gasteiger partial charge >= 0.3 is 5.97 Å². The Labute approximate surface area is 81.3 Å². The fourth-order valence-electron chi connectivity index (χ4n) is 1.51. The monoisotopic (exact) mass is 197 g/mol. The van der Waals surface area contributed by atoms with E-state index in [1.807, 2.05) is 0 Å². The summed E-state index contributed by atoms with van der Waals surface area (Å²) in [6.45, 7) is 0.0531. The Hall–Kier alpha value is -1.54. The number of rotatable bonds is 2. The molecule has 0 saturated carbocycles. The first-order chi connectivity index (χ1) is 6.56. The summed E-state index contributed by atoms with van der Waals surface area (Å²) in [6.07, 6.45) is 4.13. The lowest BCUT2D eigenvalue weighted by Crippen LogP contribution is -2.40. The molecule has 5 nitrogen and oxygen atoms in total. The molecule has 0 radical (unpaired) electrons. The Kier molecular flexibility index (Phi) is 3.10. The van der Waals surface area contributed by atoms with Crippen molar-refractivity contribution in [2.24, 2.45) is 0 Å². The second-order valence-corrected chi connectivity index (χ2v) is 3.17. The number of carbonyl (C=O) groups is 2. The fraction of sp³-hybridized carbons (Fsp3) is 0.556. The third-order valence-electron chi connectivity index (χ3n) is 2.14. The Morgan fingerprint density at radius 2 is 2.21 bits per heavy atom. The molecule has 0 spiro atoms. The van der Waals surface area contributed by atoms with Gasteiger partial charge in [0.1, 0.15) is 6.04 Å². The standard InChI is InChI=1S/C9H11NO4/c1-2-3-8(12)10-5-6(11)4-7(10)9(13)14/h1,6-7,11H,3-5H2,(H,13,14)/t6-,7-/m0/s1. The molecular formula is C9H11NO4. The van der Waals surface area contributed by atoms with E-state index in [0.717, 1.165) is 4.90 Å². The maximum absolute atomic E-state index is 11.3. The minimum Gasteiger partial charge on any atom is -0.480 e. The highest BCUT2D eigenvalue weighted by atomic mass is 16.4. The number of nitrogens with zero attached hydrogens (tertiary/aromatic N) is 1. The summed E-state index contributed by atoms with van der Waals surface area (Å²) in [7, 11) is 0. The van der Waals surface area contributed by atoms with Crippen molar-refractivity contribution in [2.45, 2.75) is 25.0 Å². The van der Waals surface area contributed by atoms with Gasteiger partial charge in [-0.05, 0) is 0 Å². The van der Waals surface area contributed by atoms with Gasteiger partial charge in [-0.2, -0.15) is 0 Å². The number of aliphatic hydroxyl groups is 1. The number of hydrogen-bond donors (Lipinski definition) is 2. The molecule has 14 heavy (non-hydrogen) atoms. The van der Waals surface area contributed by atoms with Gasteiger partial charge in [0.2, 0.25) is 5.91 Å². The lowest BCUT2D eigenvalue weighted by molar-refractivity contribution is -0.147. The first-order valence-electron chi connectivity index (χ1n) is 4.20. The van der Waals surface area contributed by atoms with Crippen LogP contribution in [0.25, 0.3) is 0 Å². The van der Waals surface area contributed by atoms with Crippen LogP contribution in [0.1, 0.15) is 12.8 Å². The molecule has 0 bridgehead atoms. The average molecular weight is 197 g/mol. The molecule has 5 heteroatoms. The SMILES string of the molecule is C#CCC(=O)N1C[C@@H](O)C[C@H]1C(=O)O. The molecule has 0 aromatic rings. The van der Waals surface area contributed by atoms with Gasteiger partial charge in [0, 0.05) is 13.0 Å². The van der Waals surface area contributed by atoms with E-state index in [2.05, 4.69) is 5.92 Å². The molecular weight excluding hydrogens is 186 g/mol. The summed E-state index contributed by atoms with van der Waals surface area (Å²) in [5.41, 5.74) is 0. The van der Waals surface area contributed by atoms with Crippen LogP contribution in [0, 0.1) is 12.3 Å².